The number of aliphatic carboxylic acids is 1. The van der Waals surface area contributed by atoms with E-state index in [0.29, 0.717) is 18.5 Å². The van der Waals surface area contributed by atoms with E-state index in [-0.39, 0.29) is 12.4 Å². The molecule has 2 aromatic rings. The van der Waals surface area contributed by atoms with Gasteiger partial charge in [-0.1, -0.05) is 37.6 Å². The first-order valence-electron chi connectivity index (χ1n) is 9.82. The zero-order chi connectivity index (χ0) is 21.5. The van der Waals surface area contributed by atoms with Crippen LogP contribution in [-0.2, 0) is 20.8 Å². The Bertz CT molecular complexity index is 903. The molecule has 1 atom stereocenters. The van der Waals surface area contributed by atoms with Crippen molar-refractivity contribution < 1.29 is 33.4 Å². The second-order valence-electron chi connectivity index (χ2n) is 6.90. The van der Waals surface area contributed by atoms with Crippen LogP contribution in [0.25, 0.3) is 0 Å². The molecule has 0 spiro atoms. The summed E-state index contributed by atoms with van der Waals surface area (Å²) in [6.45, 7) is 2.01. The van der Waals surface area contributed by atoms with E-state index >= 15 is 0 Å². The van der Waals surface area contributed by atoms with Gasteiger partial charge in [0.2, 0.25) is 0 Å². The van der Waals surface area contributed by atoms with Crippen molar-refractivity contribution in [2.24, 2.45) is 0 Å². The van der Waals surface area contributed by atoms with E-state index in [0.717, 1.165) is 24.0 Å². The summed E-state index contributed by atoms with van der Waals surface area (Å²) in [6.07, 6.45) is 1.38. The monoisotopic (exact) mass is 417 g/mol. The van der Waals surface area contributed by atoms with E-state index in [2.05, 4.69) is 0 Å². The fourth-order valence-electron chi connectivity index (χ4n) is 3.39. The lowest BCUT2D eigenvalue weighted by atomic mass is 9.89. The highest BCUT2D eigenvalue weighted by atomic mass is 19.1. The van der Waals surface area contributed by atoms with Gasteiger partial charge in [-0.05, 0) is 42.2 Å². The number of halogens is 1. The Kier molecular flexibility index (Phi) is 7.24. The fraction of sp³-hybridized carbons (Fsp3) is 0.364. The quantitative estimate of drug-likeness (QED) is 0.511. The van der Waals surface area contributed by atoms with Crippen LogP contribution in [-0.4, -0.2) is 42.1 Å². The van der Waals surface area contributed by atoms with Crippen LogP contribution in [0.1, 0.15) is 42.5 Å². The van der Waals surface area contributed by atoms with Crippen LogP contribution in [0.3, 0.4) is 0 Å². The van der Waals surface area contributed by atoms with Crippen molar-refractivity contribution >= 4 is 12.1 Å². The smallest absolute Gasteiger partial charge is 0.482 e. The van der Waals surface area contributed by atoms with Crippen molar-refractivity contribution in [3.05, 3.63) is 65.0 Å². The standard InChI is InChI=1S/C22H24FNO6/c1-2-3-12-28-22(27)30-24-11-10-15-6-4-5-7-17(15)21(24)18-13-16(23)8-9-19(18)29-14-20(25)26/h4-9,13,21H,2-3,10-12,14H2,1H3,(H,25,26). The van der Waals surface area contributed by atoms with E-state index in [9.17, 15) is 14.0 Å². The van der Waals surface area contributed by atoms with Gasteiger partial charge in [0.25, 0.3) is 0 Å². The maximum Gasteiger partial charge on any atom is 0.527 e. The largest absolute Gasteiger partial charge is 0.527 e. The molecule has 0 aromatic heterocycles. The van der Waals surface area contributed by atoms with Gasteiger partial charge in [0.15, 0.2) is 6.61 Å². The van der Waals surface area contributed by atoms with Crippen LogP contribution >= 0.6 is 0 Å². The van der Waals surface area contributed by atoms with Gasteiger partial charge in [-0.2, -0.15) is 0 Å². The molecule has 2 aromatic carbocycles. The highest BCUT2D eigenvalue weighted by Crippen LogP contribution is 2.39. The molecule has 7 nitrogen and oxygen atoms in total. The van der Waals surface area contributed by atoms with Gasteiger partial charge < -0.3 is 19.4 Å². The number of carboxylic acids is 1. The van der Waals surface area contributed by atoms with Gasteiger partial charge in [0.05, 0.1) is 6.61 Å². The highest BCUT2D eigenvalue weighted by molar-refractivity contribution is 5.68. The summed E-state index contributed by atoms with van der Waals surface area (Å²) >= 11 is 0. The van der Waals surface area contributed by atoms with Gasteiger partial charge in [-0.3, -0.25) is 0 Å². The Morgan fingerprint density at radius 2 is 2.00 bits per heavy atom. The normalized spacial score (nSPS) is 15.9. The number of carboxylic acid groups (broad SMARTS) is 1. The summed E-state index contributed by atoms with van der Waals surface area (Å²) in [7, 11) is 0. The van der Waals surface area contributed by atoms with Crippen LogP contribution in [0.2, 0.25) is 0 Å². The summed E-state index contributed by atoms with van der Waals surface area (Å²) in [5.74, 6) is -1.46. The van der Waals surface area contributed by atoms with Gasteiger partial charge in [0, 0.05) is 12.1 Å². The van der Waals surface area contributed by atoms with Crippen molar-refractivity contribution in [3.8, 4) is 5.75 Å². The number of unbranched alkanes of at least 4 members (excludes halogenated alkanes) is 1. The highest BCUT2D eigenvalue weighted by Gasteiger charge is 2.34. The van der Waals surface area contributed by atoms with E-state index < -0.39 is 30.6 Å². The molecule has 3 rings (SSSR count). The zero-order valence-corrected chi connectivity index (χ0v) is 16.7. The van der Waals surface area contributed by atoms with E-state index in [1.54, 1.807) is 0 Å². The number of hydroxylamine groups is 2. The number of fused-ring (bicyclic) bond motifs is 1. The number of benzene rings is 2. The minimum Gasteiger partial charge on any atom is -0.482 e. The molecule has 0 saturated heterocycles. The summed E-state index contributed by atoms with van der Waals surface area (Å²) in [6, 6.07) is 10.7. The molecule has 0 saturated carbocycles. The minimum absolute atomic E-state index is 0.202. The summed E-state index contributed by atoms with van der Waals surface area (Å²) in [5, 5.41) is 10.4. The third-order valence-electron chi connectivity index (χ3n) is 4.77. The van der Waals surface area contributed by atoms with Crippen molar-refractivity contribution in [3.63, 3.8) is 0 Å². The number of hydrogen-bond donors (Lipinski definition) is 1. The number of rotatable bonds is 8. The maximum atomic E-state index is 14.1. The molecule has 0 aliphatic carbocycles. The molecule has 1 aliphatic rings. The van der Waals surface area contributed by atoms with Crippen LogP contribution in [0.4, 0.5) is 9.18 Å². The minimum atomic E-state index is -1.15. The molecule has 0 fully saturated rings. The van der Waals surface area contributed by atoms with Gasteiger partial charge in [-0.25, -0.2) is 14.0 Å². The topological polar surface area (TPSA) is 85.3 Å². The van der Waals surface area contributed by atoms with Crippen LogP contribution in [0.15, 0.2) is 42.5 Å². The molecular formula is C22H24FNO6. The van der Waals surface area contributed by atoms with E-state index in [1.807, 2.05) is 31.2 Å². The first-order chi connectivity index (χ1) is 14.5. The average Bonchev–Trinajstić information content (AvgIpc) is 2.73. The Labute approximate surface area is 173 Å². The summed E-state index contributed by atoms with van der Waals surface area (Å²) < 4.78 is 24.6. The molecule has 160 valence electrons. The number of ether oxygens (including phenoxy) is 2. The Morgan fingerprint density at radius 3 is 2.77 bits per heavy atom. The van der Waals surface area contributed by atoms with Crippen LogP contribution in [0, 0.1) is 5.82 Å². The number of hydrogen-bond acceptors (Lipinski definition) is 6. The first-order valence-corrected chi connectivity index (χ1v) is 9.82. The molecule has 0 amide bonds. The molecule has 30 heavy (non-hydrogen) atoms. The zero-order valence-electron chi connectivity index (χ0n) is 16.7. The number of carbonyl (C=O) groups is 2. The second kappa shape index (κ2) is 10.1. The molecule has 1 N–H and O–H groups in total. The molecule has 8 heteroatoms. The third kappa shape index (κ3) is 5.27. The van der Waals surface area contributed by atoms with E-state index in [4.69, 9.17) is 19.4 Å². The summed E-state index contributed by atoms with van der Waals surface area (Å²) in [4.78, 5) is 28.6. The number of carbonyl (C=O) groups excluding carboxylic acids is 1. The SMILES string of the molecule is CCCCOC(=O)ON1CCc2ccccc2C1c1cc(F)ccc1OCC(=O)O. The van der Waals surface area contributed by atoms with Crippen LogP contribution in [0.5, 0.6) is 5.75 Å². The third-order valence-corrected chi connectivity index (χ3v) is 4.77. The van der Waals surface area contributed by atoms with Crippen molar-refractivity contribution in [2.45, 2.75) is 32.2 Å². The molecule has 1 heterocycles. The molecule has 0 radical (unpaired) electrons. The van der Waals surface area contributed by atoms with Crippen LogP contribution < -0.4 is 4.74 Å². The first kappa shape index (κ1) is 21.6. The van der Waals surface area contributed by atoms with Crippen molar-refractivity contribution in [2.75, 3.05) is 19.8 Å². The van der Waals surface area contributed by atoms with Gasteiger partial charge >= 0.3 is 12.1 Å². The van der Waals surface area contributed by atoms with Crippen molar-refractivity contribution in [1.82, 2.24) is 5.06 Å². The van der Waals surface area contributed by atoms with Crippen molar-refractivity contribution in [1.29, 1.82) is 0 Å². The second-order valence-corrected chi connectivity index (χ2v) is 6.90. The van der Waals surface area contributed by atoms with E-state index in [1.165, 1.54) is 23.3 Å². The molecule has 0 bridgehead atoms. The Hall–Kier alpha value is -3.13. The maximum absolute atomic E-state index is 14.1. The predicted molar refractivity (Wildman–Crippen MR) is 106 cm³/mol. The lowest BCUT2D eigenvalue weighted by Crippen LogP contribution is -2.38. The van der Waals surface area contributed by atoms with Gasteiger partial charge in [-0.15, -0.1) is 5.06 Å². The lowest BCUT2D eigenvalue weighted by molar-refractivity contribution is -0.151. The Morgan fingerprint density at radius 1 is 1.20 bits per heavy atom. The molecular weight excluding hydrogens is 393 g/mol. The summed E-state index contributed by atoms with van der Waals surface area (Å²) in [5.41, 5.74) is 2.20. The average molecular weight is 417 g/mol. The molecule has 1 aliphatic heterocycles. The predicted octanol–water partition coefficient (Wildman–Crippen LogP) is 4.10. The van der Waals surface area contributed by atoms with Gasteiger partial charge in [0.1, 0.15) is 17.6 Å². The lowest BCUT2D eigenvalue weighted by Gasteiger charge is -2.36. The fourth-order valence-corrected chi connectivity index (χ4v) is 3.39. The Balaban J connectivity index is 1.95. The number of nitrogens with zero attached hydrogens (tertiary/aromatic N) is 1. The molecule has 1 unspecified atom stereocenters.